The molecule has 0 saturated carbocycles. The van der Waals surface area contributed by atoms with Crippen molar-refractivity contribution in [2.24, 2.45) is 0 Å². The van der Waals surface area contributed by atoms with Crippen LogP contribution >= 0.6 is 0 Å². The number of hydrogen-bond donors (Lipinski definition) is 1. The predicted molar refractivity (Wildman–Crippen MR) is 86.9 cm³/mol. The number of aliphatic hydroxyl groups excluding tert-OH is 1. The van der Waals surface area contributed by atoms with Crippen LogP contribution in [0.5, 0.6) is 0 Å². The fourth-order valence-corrected chi connectivity index (χ4v) is 2.55. The lowest BCUT2D eigenvalue weighted by molar-refractivity contribution is 0.277. The summed E-state index contributed by atoms with van der Waals surface area (Å²) >= 11 is 0. The number of aliphatic hydroxyl groups is 1. The van der Waals surface area contributed by atoms with Crippen molar-refractivity contribution in [1.29, 1.82) is 0 Å². The van der Waals surface area contributed by atoms with Gasteiger partial charge >= 0.3 is 0 Å². The molecule has 0 aliphatic rings. The van der Waals surface area contributed by atoms with E-state index in [0.29, 0.717) is 5.69 Å². The average molecular weight is 293 g/mol. The van der Waals surface area contributed by atoms with Crippen LogP contribution < -0.4 is 0 Å². The van der Waals surface area contributed by atoms with Crippen LogP contribution in [0.15, 0.2) is 42.5 Å². The molecule has 0 saturated heterocycles. The van der Waals surface area contributed by atoms with Gasteiger partial charge in [-0.1, -0.05) is 47.2 Å². The highest BCUT2D eigenvalue weighted by atomic mass is 16.3. The second kappa shape index (κ2) is 5.73. The van der Waals surface area contributed by atoms with Gasteiger partial charge < -0.3 is 5.11 Å². The Hall–Kier alpha value is -2.46. The molecular formula is C18H19N3O. The lowest BCUT2D eigenvalue weighted by Gasteiger charge is -2.12. The van der Waals surface area contributed by atoms with Gasteiger partial charge in [0.2, 0.25) is 0 Å². The molecule has 3 aromatic rings. The Morgan fingerprint density at radius 1 is 1.00 bits per heavy atom. The molecule has 0 aliphatic heterocycles. The molecule has 22 heavy (non-hydrogen) atoms. The van der Waals surface area contributed by atoms with Gasteiger partial charge in [-0.05, 0) is 38.0 Å². The average Bonchev–Trinajstić information content (AvgIpc) is 2.94. The Balaban J connectivity index is 2.23. The summed E-state index contributed by atoms with van der Waals surface area (Å²) in [4.78, 5) is 0. The molecule has 1 N–H and O–H groups in total. The van der Waals surface area contributed by atoms with Crippen LogP contribution in [-0.2, 0) is 6.61 Å². The van der Waals surface area contributed by atoms with E-state index in [-0.39, 0.29) is 6.61 Å². The third-order valence-corrected chi connectivity index (χ3v) is 4.02. The maximum absolute atomic E-state index is 9.60. The molecule has 0 radical (unpaired) electrons. The molecule has 3 rings (SSSR count). The van der Waals surface area contributed by atoms with E-state index in [2.05, 4.69) is 49.3 Å². The smallest absolute Gasteiger partial charge is 0.117 e. The molecule has 0 amide bonds. The van der Waals surface area contributed by atoms with Gasteiger partial charge in [-0.15, -0.1) is 5.10 Å². The molecule has 112 valence electrons. The summed E-state index contributed by atoms with van der Waals surface area (Å²) in [6.45, 7) is 6.07. The molecule has 0 bridgehead atoms. The van der Waals surface area contributed by atoms with E-state index < -0.39 is 0 Å². The van der Waals surface area contributed by atoms with E-state index in [9.17, 15) is 5.11 Å². The summed E-state index contributed by atoms with van der Waals surface area (Å²) in [6, 6.07) is 14.3. The van der Waals surface area contributed by atoms with Crippen molar-refractivity contribution in [1.82, 2.24) is 15.0 Å². The number of nitrogens with zero attached hydrogens (tertiary/aromatic N) is 3. The summed E-state index contributed by atoms with van der Waals surface area (Å²) in [5, 5.41) is 18.0. The zero-order chi connectivity index (χ0) is 15.7. The highest BCUT2D eigenvalue weighted by molar-refractivity contribution is 5.65. The Bertz CT molecular complexity index is 804. The van der Waals surface area contributed by atoms with Crippen LogP contribution in [-0.4, -0.2) is 20.1 Å². The number of hydrogen-bond acceptors (Lipinski definition) is 3. The van der Waals surface area contributed by atoms with Crippen LogP contribution in [0.25, 0.3) is 16.9 Å². The zero-order valence-electron chi connectivity index (χ0n) is 13.0. The lowest BCUT2D eigenvalue weighted by Crippen LogP contribution is -2.03. The Labute approximate surface area is 130 Å². The largest absolute Gasteiger partial charge is 0.390 e. The number of aryl methyl sites for hydroxylation is 2. The van der Waals surface area contributed by atoms with Crippen LogP contribution in [0.2, 0.25) is 0 Å². The molecule has 1 heterocycles. The highest BCUT2D eigenvalue weighted by Crippen LogP contribution is 2.27. The van der Waals surface area contributed by atoms with E-state index in [0.717, 1.165) is 22.5 Å². The fraction of sp³-hybridized carbons (Fsp3) is 0.222. The summed E-state index contributed by atoms with van der Waals surface area (Å²) < 4.78 is 1.82. The molecule has 0 aliphatic carbocycles. The van der Waals surface area contributed by atoms with Crippen molar-refractivity contribution in [3.8, 4) is 16.9 Å². The van der Waals surface area contributed by atoms with Crippen molar-refractivity contribution in [3.05, 3.63) is 64.8 Å². The Morgan fingerprint density at radius 2 is 1.73 bits per heavy atom. The fourth-order valence-electron chi connectivity index (χ4n) is 2.55. The van der Waals surface area contributed by atoms with Gasteiger partial charge in [0, 0.05) is 5.56 Å². The van der Waals surface area contributed by atoms with Crippen LogP contribution in [0.4, 0.5) is 0 Å². The second-order valence-electron chi connectivity index (χ2n) is 5.54. The first-order valence-corrected chi connectivity index (χ1v) is 7.31. The molecule has 0 atom stereocenters. The van der Waals surface area contributed by atoms with E-state index in [4.69, 9.17) is 0 Å². The molecule has 0 unspecified atom stereocenters. The maximum atomic E-state index is 9.60. The summed E-state index contributed by atoms with van der Waals surface area (Å²) in [5.41, 5.74) is 6.98. The molecule has 4 heteroatoms. The standard InChI is InChI=1S/C18H19N3O/c1-12-7-9-15(10-8-12)18-16(11-22)19-20-21(18)17-6-4-5-13(2)14(17)3/h4-10,22H,11H2,1-3H3. The van der Waals surface area contributed by atoms with Crippen LogP contribution in [0.3, 0.4) is 0 Å². The third kappa shape index (κ3) is 2.42. The van der Waals surface area contributed by atoms with Gasteiger partial charge in [0.15, 0.2) is 0 Å². The van der Waals surface area contributed by atoms with Gasteiger partial charge in [-0.2, -0.15) is 0 Å². The van der Waals surface area contributed by atoms with Crippen molar-refractivity contribution in [2.75, 3.05) is 0 Å². The molecule has 0 spiro atoms. The maximum Gasteiger partial charge on any atom is 0.117 e. The number of rotatable bonds is 3. The molecule has 1 aromatic heterocycles. The quantitative estimate of drug-likeness (QED) is 0.805. The minimum atomic E-state index is -0.131. The Kier molecular flexibility index (Phi) is 3.77. The molecule has 0 fully saturated rings. The van der Waals surface area contributed by atoms with Crippen molar-refractivity contribution < 1.29 is 5.11 Å². The second-order valence-corrected chi connectivity index (χ2v) is 5.54. The zero-order valence-corrected chi connectivity index (χ0v) is 13.0. The first-order valence-electron chi connectivity index (χ1n) is 7.31. The highest BCUT2D eigenvalue weighted by Gasteiger charge is 2.17. The summed E-state index contributed by atoms with van der Waals surface area (Å²) in [7, 11) is 0. The topological polar surface area (TPSA) is 50.9 Å². The summed E-state index contributed by atoms with van der Waals surface area (Å²) in [6.07, 6.45) is 0. The van der Waals surface area contributed by atoms with Crippen molar-refractivity contribution in [3.63, 3.8) is 0 Å². The van der Waals surface area contributed by atoms with E-state index >= 15 is 0 Å². The molecular weight excluding hydrogens is 274 g/mol. The van der Waals surface area contributed by atoms with E-state index in [1.165, 1.54) is 11.1 Å². The van der Waals surface area contributed by atoms with Crippen LogP contribution in [0.1, 0.15) is 22.4 Å². The number of benzene rings is 2. The van der Waals surface area contributed by atoms with Gasteiger partial charge in [0.05, 0.1) is 12.3 Å². The first kappa shape index (κ1) is 14.5. The SMILES string of the molecule is Cc1ccc(-c2c(CO)nnn2-c2cccc(C)c2C)cc1. The van der Waals surface area contributed by atoms with Gasteiger partial charge in [-0.25, -0.2) is 4.68 Å². The molecule has 2 aromatic carbocycles. The minimum absolute atomic E-state index is 0.131. The first-order chi connectivity index (χ1) is 10.6. The Morgan fingerprint density at radius 3 is 2.41 bits per heavy atom. The van der Waals surface area contributed by atoms with Gasteiger partial charge in [0.1, 0.15) is 11.4 Å². The van der Waals surface area contributed by atoms with E-state index in [1.54, 1.807) is 0 Å². The molecule has 4 nitrogen and oxygen atoms in total. The summed E-state index contributed by atoms with van der Waals surface area (Å²) in [5.74, 6) is 0. The lowest BCUT2D eigenvalue weighted by atomic mass is 10.1. The third-order valence-electron chi connectivity index (χ3n) is 4.02. The minimum Gasteiger partial charge on any atom is -0.390 e. The predicted octanol–water partition coefficient (Wildman–Crippen LogP) is 3.35. The monoisotopic (exact) mass is 293 g/mol. The number of aromatic nitrogens is 3. The van der Waals surface area contributed by atoms with Gasteiger partial charge in [0.25, 0.3) is 0 Å². The van der Waals surface area contributed by atoms with Crippen molar-refractivity contribution in [2.45, 2.75) is 27.4 Å². The van der Waals surface area contributed by atoms with Gasteiger partial charge in [-0.3, -0.25) is 0 Å². The van der Waals surface area contributed by atoms with Crippen molar-refractivity contribution >= 4 is 0 Å². The van der Waals surface area contributed by atoms with E-state index in [1.807, 2.05) is 28.9 Å². The normalized spacial score (nSPS) is 10.9. The van der Waals surface area contributed by atoms with Crippen LogP contribution in [0, 0.1) is 20.8 Å².